The minimum absolute atomic E-state index is 0.0315. The Balaban J connectivity index is 1.62. The van der Waals surface area contributed by atoms with Crippen LogP contribution in [0.4, 0.5) is 0 Å². The summed E-state index contributed by atoms with van der Waals surface area (Å²) in [5, 5.41) is 14.0. The Labute approximate surface area is 158 Å². The Hall–Kier alpha value is -3.46. The zero-order valence-corrected chi connectivity index (χ0v) is 14.9. The third-order valence-corrected chi connectivity index (χ3v) is 4.66. The number of aryl methyl sites for hydroxylation is 1. The molecule has 0 saturated carbocycles. The summed E-state index contributed by atoms with van der Waals surface area (Å²) in [4.78, 5) is 21.4. The first-order chi connectivity index (χ1) is 13.7. The normalized spacial score (nSPS) is 13.3. The van der Waals surface area contributed by atoms with Crippen molar-refractivity contribution in [1.82, 2.24) is 24.1 Å². The van der Waals surface area contributed by atoms with Gasteiger partial charge in [0.25, 0.3) is 11.3 Å². The summed E-state index contributed by atoms with van der Waals surface area (Å²) in [7, 11) is 0. The first kappa shape index (κ1) is 16.7. The van der Waals surface area contributed by atoms with Crippen molar-refractivity contribution in [2.45, 2.75) is 13.0 Å². The molecule has 1 aliphatic rings. The second-order valence-electron chi connectivity index (χ2n) is 6.45. The van der Waals surface area contributed by atoms with E-state index in [1.54, 1.807) is 15.3 Å². The third kappa shape index (κ3) is 2.67. The van der Waals surface area contributed by atoms with E-state index in [2.05, 4.69) is 15.1 Å². The van der Waals surface area contributed by atoms with Gasteiger partial charge in [-0.05, 0) is 30.7 Å². The molecule has 0 fully saturated rings. The topological polar surface area (TPSA) is 104 Å². The zero-order chi connectivity index (χ0) is 19.1. The molecule has 9 heteroatoms. The van der Waals surface area contributed by atoms with Crippen LogP contribution in [0.2, 0.25) is 0 Å². The van der Waals surface area contributed by atoms with Crippen LogP contribution in [0.25, 0.3) is 28.1 Å². The van der Waals surface area contributed by atoms with Crippen molar-refractivity contribution < 1.29 is 14.6 Å². The van der Waals surface area contributed by atoms with Crippen molar-refractivity contribution in [2.75, 3.05) is 19.8 Å². The van der Waals surface area contributed by atoms with Gasteiger partial charge in [0.05, 0.1) is 10.9 Å². The average molecular weight is 379 g/mol. The van der Waals surface area contributed by atoms with Gasteiger partial charge in [-0.15, -0.1) is 5.10 Å². The van der Waals surface area contributed by atoms with Gasteiger partial charge in [0.15, 0.2) is 17.3 Å². The van der Waals surface area contributed by atoms with Crippen molar-refractivity contribution in [3.63, 3.8) is 0 Å². The Morgan fingerprint density at radius 1 is 1.14 bits per heavy atom. The highest BCUT2D eigenvalue weighted by molar-refractivity contribution is 5.79. The van der Waals surface area contributed by atoms with Crippen LogP contribution >= 0.6 is 0 Å². The number of rotatable bonds is 4. The molecule has 0 radical (unpaired) electrons. The molecule has 142 valence electrons. The fourth-order valence-corrected chi connectivity index (χ4v) is 3.28. The van der Waals surface area contributed by atoms with Crippen LogP contribution in [0.15, 0.2) is 41.5 Å². The zero-order valence-electron chi connectivity index (χ0n) is 14.9. The number of aliphatic hydroxyl groups is 1. The van der Waals surface area contributed by atoms with Gasteiger partial charge in [0, 0.05) is 31.1 Å². The number of nitrogens with zero attached hydrogens (tertiary/aromatic N) is 5. The van der Waals surface area contributed by atoms with Crippen molar-refractivity contribution in [2.24, 2.45) is 0 Å². The number of fused-ring (bicyclic) bond motifs is 4. The van der Waals surface area contributed by atoms with Crippen LogP contribution in [0, 0.1) is 0 Å². The van der Waals surface area contributed by atoms with E-state index < -0.39 is 0 Å². The van der Waals surface area contributed by atoms with Gasteiger partial charge in [0.1, 0.15) is 13.2 Å². The molecular weight excluding hydrogens is 362 g/mol. The molecule has 0 amide bonds. The SMILES string of the molecule is O=c1c2cnc3nc(-c4ccc5c(c4)OCCO5)nn3c2ccn1CCCO. The Morgan fingerprint density at radius 2 is 2.00 bits per heavy atom. The van der Waals surface area contributed by atoms with Crippen LogP contribution in [0.3, 0.4) is 0 Å². The molecule has 28 heavy (non-hydrogen) atoms. The highest BCUT2D eigenvalue weighted by Crippen LogP contribution is 2.33. The first-order valence-electron chi connectivity index (χ1n) is 9.00. The second-order valence-corrected chi connectivity index (χ2v) is 6.45. The number of hydrogen-bond acceptors (Lipinski definition) is 7. The molecule has 0 spiro atoms. The van der Waals surface area contributed by atoms with E-state index in [9.17, 15) is 4.79 Å². The molecule has 0 unspecified atom stereocenters. The van der Waals surface area contributed by atoms with Gasteiger partial charge in [-0.2, -0.15) is 9.50 Å². The quantitative estimate of drug-likeness (QED) is 0.569. The summed E-state index contributed by atoms with van der Waals surface area (Å²) < 4.78 is 14.3. The number of aliphatic hydroxyl groups excluding tert-OH is 1. The molecule has 5 rings (SSSR count). The van der Waals surface area contributed by atoms with Crippen molar-refractivity contribution in [3.8, 4) is 22.9 Å². The molecule has 3 aromatic heterocycles. The second kappa shape index (κ2) is 6.61. The predicted molar refractivity (Wildman–Crippen MR) is 101 cm³/mol. The maximum Gasteiger partial charge on any atom is 0.261 e. The number of hydrogen-bond donors (Lipinski definition) is 1. The predicted octanol–water partition coefficient (Wildman–Crippen LogP) is 1.26. The van der Waals surface area contributed by atoms with E-state index in [-0.39, 0.29) is 12.2 Å². The van der Waals surface area contributed by atoms with Gasteiger partial charge >= 0.3 is 0 Å². The number of pyridine rings is 1. The molecule has 0 atom stereocenters. The smallest absolute Gasteiger partial charge is 0.261 e. The molecule has 1 aromatic carbocycles. The Bertz CT molecular complexity index is 1250. The molecule has 4 aromatic rings. The average Bonchev–Trinajstić information content (AvgIpc) is 3.18. The fourth-order valence-electron chi connectivity index (χ4n) is 3.28. The summed E-state index contributed by atoms with van der Waals surface area (Å²) in [6.45, 7) is 1.52. The number of benzene rings is 1. The molecule has 9 nitrogen and oxygen atoms in total. The van der Waals surface area contributed by atoms with E-state index in [1.807, 2.05) is 24.3 Å². The maximum atomic E-state index is 12.7. The molecule has 1 aliphatic heterocycles. The summed E-state index contributed by atoms with van der Waals surface area (Å²) in [6, 6.07) is 7.35. The standard InChI is InChI=1S/C19H17N5O4/c25-7-1-5-23-6-4-14-13(18(23)26)11-20-19-21-17(22-24(14)19)12-2-3-15-16(10-12)28-9-8-27-15/h2-4,6,10-11,25H,1,5,7-9H2. The van der Waals surface area contributed by atoms with Crippen LogP contribution in [0.5, 0.6) is 11.5 Å². The molecule has 1 N–H and O–H groups in total. The van der Waals surface area contributed by atoms with Gasteiger partial charge in [-0.3, -0.25) is 4.79 Å². The third-order valence-electron chi connectivity index (χ3n) is 4.66. The first-order valence-corrected chi connectivity index (χ1v) is 9.00. The fraction of sp³-hybridized carbons (Fsp3) is 0.263. The van der Waals surface area contributed by atoms with Crippen molar-refractivity contribution >= 4 is 16.7 Å². The minimum atomic E-state index is -0.170. The molecule has 0 saturated heterocycles. The van der Waals surface area contributed by atoms with E-state index >= 15 is 0 Å². The summed E-state index contributed by atoms with van der Waals surface area (Å²) in [6.07, 6.45) is 3.73. The minimum Gasteiger partial charge on any atom is -0.486 e. The largest absolute Gasteiger partial charge is 0.486 e. The Kier molecular flexibility index (Phi) is 3.94. The van der Waals surface area contributed by atoms with Crippen LogP contribution < -0.4 is 15.0 Å². The van der Waals surface area contributed by atoms with Gasteiger partial charge in [-0.25, -0.2) is 4.98 Å². The lowest BCUT2D eigenvalue weighted by Crippen LogP contribution is -2.21. The van der Waals surface area contributed by atoms with Crippen molar-refractivity contribution in [1.29, 1.82) is 0 Å². The molecule has 0 bridgehead atoms. The summed E-state index contributed by atoms with van der Waals surface area (Å²) in [5.41, 5.74) is 1.24. The molecule has 4 heterocycles. The lowest BCUT2D eigenvalue weighted by atomic mass is 10.2. The summed E-state index contributed by atoms with van der Waals surface area (Å²) >= 11 is 0. The highest BCUT2D eigenvalue weighted by Gasteiger charge is 2.16. The molecular formula is C19H17N5O4. The lowest BCUT2D eigenvalue weighted by Gasteiger charge is -2.18. The molecule has 0 aliphatic carbocycles. The summed E-state index contributed by atoms with van der Waals surface area (Å²) in [5.74, 6) is 2.25. The monoisotopic (exact) mass is 379 g/mol. The van der Waals surface area contributed by atoms with Gasteiger partial charge in [-0.1, -0.05) is 0 Å². The van der Waals surface area contributed by atoms with Gasteiger partial charge < -0.3 is 19.1 Å². The number of ether oxygens (including phenoxy) is 2. The lowest BCUT2D eigenvalue weighted by molar-refractivity contribution is 0.171. The highest BCUT2D eigenvalue weighted by atomic mass is 16.6. The van der Waals surface area contributed by atoms with E-state index in [0.717, 1.165) is 5.56 Å². The van der Waals surface area contributed by atoms with Gasteiger partial charge in [0.2, 0.25) is 0 Å². The van der Waals surface area contributed by atoms with E-state index in [0.29, 0.717) is 60.2 Å². The Morgan fingerprint density at radius 3 is 2.86 bits per heavy atom. The van der Waals surface area contributed by atoms with Crippen LogP contribution in [-0.4, -0.2) is 49.1 Å². The van der Waals surface area contributed by atoms with Crippen LogP contribution in [0.1, 0.15) is 6.42 Å². The van der Waals surface area contributed by atoms with Crippen LogP contribution in [-0.2, 0) is 6.54 Å². The van der Waals surface area contributed by atoms with E-state index in [1.165, 1.54) is 6.20 Å². The number of aromatic nitrogens is 5. The van der Waals surface area contributed by atoms with Crippen molar-refractivity contribution in [3.05, 3.63) is 47.0 Å². The maximum absolute atomic E-state index is 12.7. The van der Waals surface area contributed by atoms with E-state index in [4.69, 9.17) is 14.6 Å².